The Labute approximate surface area is 156 Å². The lowest BCUT2D eigenvalue weighted by molar-refractivity contribution is -0.127. The lowest BCUT2D eigenvalue weighted by Gasteiger charge is -2.19. The molecule has 1 aromatic heterocycles. The predicted octanol–water partition coefficient (Wildman–Crippen LogP) is 2.76. The molecule has 138 valence electrons. The van der Waals surface area contributed by atoms with Crippen molar-refractivity contribution in [2.75, 3.05) is 11.4 Å². The Hall–Kier alpha value is -3.22. The van der Waals surface area contributed by atoms with Gasteiger partial charge in [0.05, 0.1) is 11.6 Å². The molecule has 7 heteroatoms. The molecule has 27 heavy (non-hydrogen) atoms. The molecule has 2 heterocycles. The van der Waals surface area contributed by atoms with Gasteiger partial charge in [-0.2, -0.15) is 4.98 Å². The minimum absolute atomic E-state index is 0.0483. The summed E-state index contributed by atoms with van der Waals surface area (Å²) in [7, 11) is 0. The first-order valence-corrected chi connectivity index (χ1v) is 8.91. The number of rotatable bonds is 4. The van der Waals surface area contributed by atoms with Crippen molar-refractivity contribution < 1.29 is 14.1 Å². The van der Waals surface area contributed by atoms with Crippen molar-refractivity contribution in [3.8, 4) is 0 Å². The number of benzene rings is 2. The van der Waals surface area contributed by atoms with E-state index in [1.54, 1.807) is 18.7 Å². The highest BCUT2D eigenvalue weighted by molar-refractivity contribution is 6.07. The first-order valence-electron chi connectivity index (χ1n) is 8.91. The van der Waals surface area contributed by atoms with E-state index in [1.165, 1.54) is 0 Å². The van der Waals surface area contributed by atoms with Crippen molar-refractivity contribution in [1.29, 1.82) is 0 Å². The third-order valence-corrected chi connectivity index (χ3v) is 4.83. The van der Waals surface area contributed by atoms with Crippen LogP contribution in [-0.4, -0.2) is 28.5 Å². The number of aryl methyl sites for hydroxylation is 1. The van der Waals surface area contributed by atoms with Gasteiger partial charge in [0.15, 0.2) is 5.82 Å². The summed E-state index contributed by atoms with van der Waals surface area (Å²) < 4.78 is 5.10. The third-order valence-electron chi connectivity index (χ3n) is 4.83. The van der Waals surface area contributed by atoms with Gasteiger partial charge in [0, 0.05) is 18.4 Å². The summed E-state index contributed by atoms with van der Waals surface area (Å²) in [6.07, 6.45) is 0.185. The standard InChI is InChI=1S/C20H20N4O3/c1-12(20-22-13(2)23-27-20)21-19(26)15-10-18(25)24(11-15)17-9-5-7-14-6-3-4-8-16(14)17/h3-9,12,15H,10-11H2,1-2H3,(H,21,26). The van der Waals surface area contributed by atoms with E-state index in [9.17, 15) is 9.59 Å². The second-order valence-electron chi connectivity index (χ2n) is 6.81. The van der Waals surface area contributed by atoms with Gasteiger partial charge in [-0.25, -0.2) is 0 Å². The molecular weight excluding hydrogens is 344 g/mol. The van der Waals surface area contributed by atoms with Crippen molar-refractivity contribution in [2.45, 2.75) is 26.3 Å². The second-order valence-corrected chi connectivity index (χ2v) is 6.81. The van der Waals surface area contributed by atoms with E-state index in [1.807, 2.05) is 42.5 Å². The normalized spacial score (nSPS) is 18.1. The molecule has 1 saturated heterocycles. The first-order chi connectivity index (χ1) is 13.0. The number of carbonyl (C=O) groups excluding carboxylic acids is 2. The number of nitrogens with one attached hydrogen (secondary N) is 1. The summed E-state index contributed by atoms with van der Waals surface area (Å²) in [5, 5.41) is 8.67. The predicted molar refractivity (Wildman–Crippen MR) is 100 cm³/mol. The quantitative estimate of drug-likeness (QED) is 0.769. The highest BCUT2D eigenvalue weighted by Crippen LogP contribution is 2.31. The minimum Gasteiger partial charge on any atom is -0.344 e. The molecule has 4 rings (SSSR count). The van der Waals surface area contributed by atoms with E-state index in [-0.39, 0.29) is 18.2 Å². The molecule has 7 nitrogen and oxygen atoms in total. The Morgan fingerprint density at radius 2 is 2.04 bits per heavy atom. The SMILES string of the molecule is Cc1noc(C(C)NC(=O)C2CC(=O)N(c3cccc4ccccc34)C2)n1. The summed E-state index contributed by atoms with van der Waals surface area (Å²) >= 11 is 0. The average Bonchev–Trinajstić information content (AvgIpc) is 3.27. The van der Waals surface area contributed by atoms with Crippen LogP contribution in [0.5, 0.6) is 0 Å². The van der Waals surface area contributed by atoms with Gasteiger partial charge in [-0.05, 0) is 25.3 Å². The van der Waals surface area contributed by atoms with E-state index >= 15 is 0 Å². The Morgan fingerprint density at radius 1 is 1.26 bits per heavy atom. The smallest absolute Gasteiger partial charge is 0.248 e. The lowest BCUT2D eigenvalue weighted by Crippen LogP contribution is -2.34. The Bertz CT molecular complexity index is 1010. The van der Waals surface area contributed by atoms with E-state index in [2.05, 4.69) is 15.5 Å². The minimum atomic E-state index is -0.414. The van der Waals surface area contributed by atoms with Crippen LogP contribution in [-0.2, 0) is 9.59 Å². The van der Waals surface area contributed by atoms with Crippen LogP contribution >= 0.6 is 0 Å². The fourth-order valence-electron chi connectivity index (χ4n) is 3.44. The Balaban J connectivity index is 1.51. The number of aromatic nitrogens is 2. The molecule has 2 atom stereocenters. The molecule has 1 N–H and O–H groups in total. The number of hydrogen-bond donors (Lipinski definition) is 1. The molecule has 2 aromatic carbocycles. The number of anilines is 1. The van der Waals surface area contributed by atoms with Gasteiger partial charge in [0.2, 0.25) is 17.7 Å². The topological polar surface area (TPSA) is 88.3 Å². The maximum absolute atomic E-state index is 12.6. The molecule has 0 bridgehead atoms. The monoisotopic (exact) mass is 364 g/mol. The molecular formula is C20H20N4O3. The van der Waals surface area contributed by atoms with E-state index in [0.29, 0.717) is 18.3 Å². The van der Waals surface area contributed by atoms with Gasteiger partial charge in [-0.3, -0.25) is 9.59 Å². The van der Waals surface area contributed by atoms with Crippen molar-refractivity contribution in [3.63, 3.8) is 0 Å². The number of carbonyl (C=O) groups is 2. The average molecular weight is 364 g/mol. The maximum Gasteiger partial charge on any atom is 0.248 e. The Morgan fingerprint density at radius 3 is 2.81 bits per heavy atom. The van der Waals surface area contributed by atoms with Crippen LogP contribution in [0.1, 0.15) is 31.1 Å². The van der Waals surface area contributed by atoms with Gasteiger partial charge < -0.3 is 14.7 Å². The van der Waals surface area contributed by atoms with Crippen LogP contribution in [0.15, 0.2) is 47.0 Å². The molecule has 0 spiro atoms. The van der Waals surface area contributed by atoms with Crippen molar-refractivity contribution in [3.05, 3.63) is 54.2 Å². The van der Waals surface area contributed by atoms with E-state index in [0.717, 1.165) is 16.5 Å². The fraction of sp³-hybridized carbons (Fsp3) is 0.300. The third kappa shape index (κ3) is 3.28. The van der Waals surface area contributed by atoms with Crippen LogP contribution < -0.4 is 10.2 Å². The highest BCUT2D eigenvalue weighted by Gasteiger charge is 2.36. The zero-order valence-corrected chi connectivity index (χ0v) is 15.2. The van der Waals surface area contributed by atoms with E-state index < -0.39 is 12.0 Å². The molecule has 2 amide bonds. The van der Waals surface area contributed by atoms with Crippen molar-refractivity contribution in [2.24, 2.45) is 5.92 Å². The summed E-state index contributed by atoms with van der Waals surface area (Å²) in [6, 6.07) is 13.4. The number of amides is 2. The van der Waals surface area contributed by atoms with Gasteiger partial charge in [0.1, 0.15) is 6.04 Å². The number of nitrogens with zero attached hydrogens (tertiary/aromatic N) is 3. The summed E-state index contributed by atoms with van der Waals surface area (Å²) in [5.41, 5.74) is 0.842. The van der Waals surface area contributed by atoms with Crippen LogP contribution in [0.25, 0.3) is 10.8 Å². The summed E-state index contributed by atoms with van der Waals surface area (Å²) in [5.74, 6) is 0.227. The molecule has 3 aromatic rings. The fourth-order valence-corrected chi connectivity index (χ4v) is 3.44. The molecule has 2 unspecified atom stereocenters. The highest BCUT2D eigenvalue weighted by atomic mass is 16.5. The zero-order valence-electron chi connectivity index (χ0n) is 15.2. The second kappa shape index (κ2) is 6.83. The van der Waals surface area contributed by atoms with Crippen molar-refractivity contribution >= 4 is 28.3 Å². The molecule has 0 saturated carbocycles. The zero-order chi connectivity index (χ0) is 19.0. The number of hydrogen-bond acceptors (Lipinski definition) is 5. The van der Waals surface area contributed by atoms with Crippen LogP contribution in [0, 0.1) is 12.8 Å². The van der Waals surface area contributed by atoms with Gasteiger partial charge >= 0.3 is 0 Å². The molecule has 1 aliphatic rings. The van der Waals surface area contributed by atoms with E-state index in [4.69, 9.17) is 4.52 Å². The lowest BCUT2D eigenvalue weighted by atomic mass is 10.1. The summed E-state index contributed by atoms with van der Waals surface area (Å²) in [6.45, 7) is 3.86. The Kier molecular flexibility index (Phi) is 4.35. The summed E-state index contributed by atoms with van der Waals surface area (Å²) in [4.78, 5) is 31.1. The molecule has 0 radical (unpaired) electrons. The van der Waals surface area contributed by atoms with Crippen LogP contribution in [0.4, 0.5) is 5.69 Å². The van der Waals surface area contributed by atoms with Gasteiger partial charge in [-0.15, -0.1) is 0 Å². The van der Waals surface area contributed by atoms with Gasteiger partial charge in [0.25, 0.3) is 0 Å². The largest absolute Gasteiger partial charge is 0.344 e. The molecule has 1 fully saturated rings. The molecule has 1 aliphatic heterocycles. The number of fused-ring (bicyclic) bond motifs is 1. The van der Waals surface area contributed by atoms with Crippen LogP contribution in [0.2, 0.25) is 0 Å². The maximum atomic E-state index is 12.6. The molecule has 0 aliphatic carbocycles. The van der Waals surface area contributed by atoms with Gasteiger partial charge in [-0.1, -0.05) is 41.6 Å². The van der Waals surface area contributed by atoms with Crippen LogP contribution in [0.3, 0.4) is 0 Å². The first kappa shape index (κ1) is 17.2. The van der Waals surface area contributed by atoms with Crippen molar-refractivity contribution in [1.82, 2.24) is 15.5 Å².